The van der Waals surface area contributed by atoms with Gasteiger partial charge in [-0.25, -0.2) is 0 Å². The highest BCUT2D eigenvalue weighted by atomic mass is 28.3. The molecule has 1 nitrogen and oxygen atoms in total. The van der Waals surface area contributed by atoms with Crippen LogP contribution >= 0.6 is 0 Å². The maximum Gasteiger partial charge on any atom is 0.0599 e. The van der Waals surface area contributed by atoms with Gasteiger partial charge in [-0.05, 0) is 31.5 Å². The van der Waals surface area contributed by atoms with E-state index in [-0.39, 0.29) is 0 Å². The van der Waals surface area contributed by atoms with E-state index in [4.69, 9.17) is 0 Å². The summed E-state index contributed by atoms with van der Waals surface area (Å²) in [6, 6.07) is 0. The van der Waals surface area contributed by atoms with Crippen molar-refractivity contribution in [2.24, 2.45) is 5.92 Å². The van der Waals surface area contributed by atoms with Gasteiger partial charge in [0.15, 0.2) is 0 Å². The Bertz CT molecular complexity index is 139. The van der Waals surface area contributed by atoms with Crippen LogP contribution in [0, 0.1) is 5.92 Å². The largest absolute Gasteiger partial charge is 0.306 e. The molecule has 0 aromatic rings. The second-order valence-corrected chi connectivity index (χ2v) is 11.0. The molecule has 0 bridgehead atoms. The maximum absolute atomic E-state index is 2.68. The Morgan fingerprint density at radius 2 is 2.00 bits per heavy atom. The van der Waals surface area contributed by atoms with Crippen molar-refractivity contribution in [3.8, 4) is 0 Å². The molecule has 2 heteroatoms. The van der Waals surface area contributed by atoms with Gasteiger partial charge in [0, 0.05) is 6.54 Å². The Kier molecular flexibility index (Phi) is 3.35. The van der Waals surface area contributed by atoms with Gasteiger partial charge in [-0.1, -0.05) is 26.6 Å². The van der Waals surface area contributed by atoms with Crippen LogP contribution in [0.15, 0.2) is 0 Å². The lowest BCUT2D eigenvalue weighted by molar-refractivity contribution is 0.207. The normalized spacial score (nSPS) is 27.5. The highest BCUT2D eigenvalue weighted by Crippen LogP contribution is 2.17. The third kappa shape index (κ3) is 3.72. The molecule has 0 aromatic heterocycles. The second kappa shape index (κ2) is 3.92. The van der Waals surface area contributed by atoms with E-state index in [0.29, 0.717) is 0 Å². The van der Waals surface area contributed by atoms with Crippen LogP contribution in [0.4, 0.5) is 0 Å². The van der Waals surface area contributed by atoms with Crippen LogP contribution in [0.2, 0.25) is 19.6 Å². The zero-order chi connectivity index (χ0) is 9.19. The van der Waals surface area contributed by atoms with E-state index in [9.17, 15) is 0 Å². The molecule has 0 N–H and O–H groups in total. The molecule has 1 aliphatic heterocycles. The van der Waals surface area contributed by atoms with Gasteiger partial charge >= 0.3 is 0 Å². The molecule has 1 atom stereocenters. The van der Waals surface area contributed by atoms with Gasteiger partial charge in [-0.15, -0.1) is 0 Å². The number of rotatable bonds is 2. The highest BCUT2D eigenvalue weighted by Gasteiger charge is 2.22. The first kappa shape index (κ1) is 10.3. The van der Waals surface area contributed by atoms with Crippen molar-refractivity contribution in [2.45, 2.75) is 39.4 Å². The molecular weight excluding hydrogens is 162 g/mol. The molecule has 72 valence electrons. The topological polar surface area (TPSA) is 3.24 Å². The zero-order valence-corrected chi connectivity index (χ0v) is 10.1. The first-order valence-electron chi connectivity index (χ1n) is 5.20. The summed E-state index contributed by atoms with van der Waals surface area (Å²) in [5.74, 6) is 0.940. The lowest BCUT2D eigenvalue weighted by Crippen LogP contribution is -2.44. The van der Waals surface area contributed by atoms with Crippen molar-refractivity contribution < 1.29 is 0 Å². The van der Waals surface area contributed by atoms with Gasteiger partial charge in [-0.2, -0.15) is 0 Å². The molecule has 0 saturated carbocycles. The third-order valence-electron chi connectivity index (χ3n) is 2.44. The predicted molar refractivity (Wildman–Crippen MR) is 58.2 cm³/mol. The fourth-order valence-electron chi connectivity index (χ4n) is 2.10. The van der Waals surface area contributed by atoms with Crippen molar-refractivity contribution in [2.75, 3.05) is 19.3 Å². The van der Waals surface area contributed by atoms with Crippen molar-refractivity contribution in [1.82, 2.24) is 4.90 Å². The fourth-order valence-corrected chi connectivity index (χ4v) is 3.73. The average Bonchev–Trinajstić information content (AvgIpc) is 1.82. The van der Waals surface area contributed by atoms with Crippen LogP contribution < -0.4 is 0 Å². The van der Waals surface area contributed by atoms with Crippen LogP contribution in [-0.2, 0) is 0 Å². The van der Waals surface area contributed by atoms with E-state index >= 15 is 0 Å². The Balaban J connectivity index is 2.32. The minimum atomic E-state index is -0.848. The van der Waals surface area contributed by atoms with Crippen LogP contribution in [0.5, 0.6) is 0 Å². The summed E-state index contributed by atoms with van der Waals surface area (Å²) in [5, 5.41) is 0. The lowest BCUT2D eigenvalue weighted by Gasteiger charge is -2.34. The molecule has 1 rings (SSSR count). The van der Waals surface area contributed by atoms with Crippen molar-refractivity contribution in [1.29, 1.82) is 0 Å². The van der Waals surface area contributed by atoms with Crippen molar-refractivity contribution in [3.05, 3.63) is 0 Å². The number of nitrogens with zero attached hydrogens (tertiary/aromatic N) is 1. The van der Waals surface area contributed by atoms with Gasteiger partial charge < -0.3 is 4.90 Å². The quantitative estimate of drug-likeness (QED) is 0.598. The Morgan fingerprint density at radius 3 is 2.50 bits per heavy atom. The number of piperidine rings is 1. The Morgan fingerprint density at radius 1 is 1.33 bits per heavy atom. The number of hydrogen-bond donors (Lipinski definition) is 0. The molecule has 0 radical (unpaired) electrons. The highest BCUT2D eigenvalue weighted by molar-refractivity contribution is 6.76. The van der Waals surface area contributed by atoms with Gasteiger partial charge in [0.25, 0.3) is 0 Å². The summed E-state index contributed by atoms with van der Waals surface area (Å²) < 4.78 is 0. The van der Waals surface area contributed by atoms with E-state index in [0.717, 1.165) is 5.92 Å². The molecule has 0 spiro atoms. The summed E-state index contributed by atoms with van der Waals surface area (Å²) in [5.41, 5.74) is 0. The lowest BCUT2D eigenvalue weighted by atomic mass is 10.0. The van der Waals surface area contributed by atoms with E-state index in [2.05, 4.69) is 31.5 Å². The molecule has 0 amide bonds. The summed E-state index contributed by atoms with van der Waals surface area (Å²) in [6.07, 6.45) is 4.27. The molecule has 1 aliphatic rings. The molecule has 0 aliphatic carbocycles. The summed E-state index contributed by atoms with van der Waals surface area (Å²) in [6.45, 7) is 12.5. The maximum atomic E-state index is 2.68. The van der Waals surface area contributed by atoms with Crippen molar-refractivity contribution >= 4 is 8.07 Å². The van der Waals surface area contributed by atoms with E-state index < -0.39 is 8.07 Å². The summed E-state index contributed by atoms with van der Waals surface area (Å²) >= 11 is 0. The zero-order valence-electron chi connectivity index (χ0n) is 9.06. The van der Waals surface area contributed by atoms with Gasteiger partial charge in [0.05, 0.1) is 8.07 Å². The summed E-state index contributed by atoms with van der Waals surface area (Å²) in [7, 11) is -0.848. The monoisotopic (exact) mass is 185 g/mol. The van der Waals surface area contributed by atoms with Crippen LogP contribution in [-0.4, -0.2) is 32.2 Å². The number of likely N-dealkylation sites (tertiary alicyclic amines) is 1. The standard InChI is InChI=1S/C10H23NSi/c1-10-6-5-7-11(8-10)9-12(2,3)4/h10H,5-9H2,1-4H3. The van der Waals surface area contributed by atoms with Gasteiger partial charge in [-0.3, -0.25) is 0 Å². The summed E-state index contributed by atoms with van der Waals surface area (Å²) in [4.78, 5) is 2.68. The molecular formula is C10H23NSi. The Hall–Kier alpha value is 0.177. The van der Waals surface area contributed by atoms with Gasteiger partial charge in [0.1, 0.15) is 0 Å². The smallest absolute Gasteiger partial charge is 0.0599 e. The van der Waals surface area contributed by atoms with E-state index in [1.165, 1.54) is 32.1 Å². The van der Waals surface area contributed by atoms with Crippen LogP contribution in [0.1, 0.15) is 19.8 Å². The third-order valence-corrected chi connectivity index (χ3v) is 3.83. The van der Waals surface area contributed by atoms with Crippen molar-refractivity contribution in [3.63, 3.8) is 0 Å². The molecule has 12 heavy (non-hydrogen) atoms. The molecule has 0 aromatic carbocycles. The SMILES string of the molecule is CC1CCCN(C[Si](C)(C)C)C1. The molecule has 1 saturated heterocycles. The van der Waals surface area contributed by atoms with E-state index in [1.54, 1.807) is 0 Å². The minimum Gasteiger partial charge on any atom is -0.306 e. The average molecular weight is 185 g/mol. The van der Waals surface area contributed by atoms with Gasteiger partial charge in [0.2, 0.25) is 0 Å². The first-order valence-corrected chi connectivity index (χ1v) is 8.90. The predicted octanol–water partition coefficient (Wildman–Crippen LogP) is 2.60. The van der Waals surface area contributed by atoms with Crippen LogP contribution in [0.3, 0.4) is 0 Å². The number of hydrogen-bond acceptors (Lipinski definition) is 1. The van der Waals surface area contributed by atoms with Crippen LogP contribution in [0.25, 0.3) is 0 Å². The van der Waals surface area contributed by atoms with E-state index in [1.807, 2.05) is 0 Å². The Labute approximate surface area is 78.2 Å². The fraction of sp³-hybridized carbons (Fsp3) is 1.00. The molecule has 1 heterocycles. The minimum absolute atomic E-state index is 0.848. The molecule has 1 fully saturated rings. The molecule has 1 unspecified atom stereocenters. The second-order valence-electron chi connectivity index (χ2n) is 5.54. The first-order chi connectivity index (χ1) is 5.47.